The maximum absolute atomic E-state index is 5.83. The maximum atomic E-state index is 5.83. The van der Waals surface area contributed by atoms with Crippen LogP contribution in [0.15, 0.2) is 29.8 Å². The molecule has 0 aliphatic rings. The zero-order valence-electron chi connectivity index (χ0n) is 9.29. The molecule has 0 amide bonds. The molecule has 2 heteroatoms. The van der Waals surface area contributed by atoms with Gasteiger partial charge in [0.1, 0.15) is 0 Å². The van der Waals surface area contributed by atoms with E-state index >= 15 is 0 Å². The van der Waals surface area contributed by atoms with Crippen molar-refractivity contribution < 1.29 is 4.74 Å². The van der Waals surface area contributed by atoms with Crippen molar-refractivity contribution in [1.29, 1.82) is 0 Å². The minimum Gasteiger partial charge on any atom is -0.380 e. The molecule has 0 heterocycles. The van der Waals surface area contributed by atoms with Crippen molar-refractivity contribution >= 4 is 17.7 Å². The van der Waals surface area contributed by atoms with E-state index in [0.717, 1.165) is 6.42 Å². The molecule has 15 heavy (non-hydrogen) atoms. The van der Waals surface area contributed by atoms with E-state index in [9.17, 15) is 0 Å². The molecule has 1 nitrogen and oxygen atoms in total. The van der Waals surface area contributed by atoms with Gasteiger partial charge in [0.05, 0.1) is 6.61 Å². The molecule has 0 radical (unpaired) electrons. The second-order valence-electron chi connectivity index (χ2n) is 3.47. The fourth-order valence-corrected chi connectivity index (χ4v) is 1.68. The number of methoxy groups -OCH3 is 1. The molecule has 0 saturated carbocycles. The molecule has 0 saturated heterocycles. The van der Waals surface area contributed by atoms with Crippen molar-refractivity contribution in [3.8, 4) is 0 Å². The van der Waals surface area contributed by atoms with E-state index in [1.165, 1.54) is 16.7 Å². The molecular weight excluding hydrogens is 208 g/mol. The fourth-order valence-electron chi connectivity index (χ4n) is 1.41. The van der Waals surface area contributed by atoms with Gasteiger partial charge in [-0.15, -0.1) is 11.6 Å². The molecule has 1 aromatic rings. The van der Waals surface area contributed by atoms with Crippen LogP contribution in [0.4, 0.5) is 0 Å². The van der Waals surface area contributed by atoms with E-state index in [2.05, 4.69) is 31.2 Å². The van der Waals surface area contributed by atoms with Crippen LogP contribution in [0, 0.1) is 0 Å². The Morgan fingerprint density at radius 2 is 2.27 bits per heavy atom. The number of alkyl halides is 1. The van der Waals surface area contributed by atoms with Crippen molar-refractivity contribution in [3.63, 3.8) is 0 Å². The number of hydrogen-bond donors (Lipinski definition) is 0. The van der Waals surface area contributed by atoms with Crippen LogP contribution in [-0.4, -0.2) is 13.0 Å². The summed E-state index contributed by atoms with van der Waals surface area (Å²) in [7, 11) is 1.71. The van der Waals surface area contributed by atoms with Gasteiger partial charge in [-0.05, 0) is 23.6 Å². The number of benzene rings is 1. The Kier molecular flexibility index (Phi) is 5.44. The van der Waals surface area contributed by atoms with Crippen LogP contribution < -0.4 is 0 Å². The van der Waals surface area contributed by atoms with Gasteiger partial charge < -0.3 is 4.74 Å². The Hall–Kier alpha value is -0.790. The van der Waals surface area contributed by atoms with Crippen LogP contribution in [0.5, 0.6) is 0 Å². The van der Waals surface area contributed by atoms with E-state index in [1.807, 2.05) is 6.07 Å². The summed E-state index contributed by atoms with van der Waals surface area (Å²) in [5.74, 6) is 0.602. The zero-order valence-corrected chi connectivity index (χ0v) is 10.1. The first-order chi connectivity index (χ1) is 7.30. The third-order valence-corrected chi connectivity index (χ3v) is 2.60. The first-order valence-corrected chi connectivity index (χ1v) is 5.67. The lowest BCUT2D eigenvalue weighted by Crippen LogP contribution is -1.88. The molecule has 0 aliphatic carbocycles. The smallest absolute Gasteiger partial charge is 0.0713 e. The lowest BCUT2D eigenvalue weighted by molar-refractivity contribution is 0.185. The predicted molar refractivity (Wildman–Crippen MR) is 66.1 cm³/mol. The topological polar surface area (TPSA) is 9.23 Å². The van der Waals surface area contributed by atoms with E-state index in [0.29, 0.717) is 12.5 Å². The van der Waals surface area contributed by atoms with Gasteiger partial charge in [0.15, 0.2) is 0 Å². The number of allylic oxidation sites excluding steroid dienone is 1. The van der Waals surface area contributed by atoms with Crippen molar-refractivity contribution in [2.24, 2.45) is 0 Å². The summed E-state index contributed by atoms with van der Waals surface area (Å²) in [6.07, 6.45) is 3.14. The highest BCUT2D eigenvalue weighted by Gasteiger charge is 1.95. The molecule has 0 N–H and O–H groups in total. The lowest BCUT2D eigenvalue weighted by Gasteiger charge is -2.03. The number of halogens is 1. The van der Waals surface area contributed by atoms with Crippen LogP contribution in [0.3, 0.4) is 0 Å². The highest BCUT2D eigenvalue weighted by molar-refractivity contribution is 6.19. The van der Waals surface area contributed by atoms with Gasteiger partial charge in [0.2, 0.25) is 0 Å². The van der Waals surface area contributed by atoms with Crippen LogP contribution in [0.1, 0.15) is 24.5 Å². The van der Waals surface area contributed by atoms with Crippen LogP contribution in [-0.2, 0) is 11.3 Å². The van der Waals surface area contributed by atoms with Gasteiger partial charge >= 0.3 is 0 Å². The summed E-state index contributed by atoms with van der Waals surface area (Å²) in [5, 5.41) is 0. The number of hydrogen-bond acceptors (Lipinski definition) is 1. The van der Waals surface area contributed by atoms with Gasteiger partial charge in [0.25, 0.3) is 0 Å². The van der Waals surface area contributed by atoms with Crippen LogP contribution in [0.2, 0.25) is 0 Å². The van der Waals surface area contributed by atoms with Gasteiger partial charge in [-0.2, -0.15) is 0 Å². The van der Waals surface area contributed by atoms with Crippen LogP contribution in [0.25, 0.3) is 6.08 Å². The fraction of sp³-hybridized carbons (Fsp3) is 0.385. The summed E-state index contributed by atoms with van der Waals surface area (Å²) in [6.45, 7) is 2.78. The zero-order chi connectivity index (χ0) is 11.1. The molecule has 0 bridgehead atoms. The Morgan fingerprint density at radius 1 is 1.47 bits per heavy atom. The maximum Gasteiger partial charge on any atom is 0.0713 e. The third-order valence-electron chi connectivity index (χ3n) is 2.26. The largest absolute Gasteiger partial charge is 0.380 e. The van der Waals surface area contributed by atoms with Gasteiger partial charge in [-0.3, -0.25) is 0 Å². The monoisotopic (exact) mass is 224 g/mol. The standard InChI is InChI=1S/C13H17ClO/c1-3-11(9-14)7-12-5-4-6-13(8-12)10-15-2/h4-8H,3,9-10H2,1-2H3. The van der Waals surface area contributed by atoms with Gasteiger partial charge in [0, 0.05) is 13.0 Å². The van der Waals surface area contributed by atoms with E-state index in [4.69, 9.17) is 16.3 Å². The predicted octanol–water partition coefficient (Wildman–Crippen LogP) is 3.87. The Labute approximate surface area is 96.7 Å². The Balaban J connectivity index is 2.85. The first-order valence-electron chi connectivity index (χ1n) is 5.13. The molecular formula is C13H17ClO. The van der Waals surface area contributed by atoms with Crippen molar-refractivity contribution in [1.82, 2.24) is 0 Å². The van der Waals surface area contributed by atoms with E-state index in [-0.39, 0.29) is 0 Å². The minimum atomic E-state index is 0.602. The van der Waals surface area contributed by atoms with E-state index < -0.39 is 0 Å². The SMILES string of the molecule is CCC(=Cc1cccc(COC)c1)CCl. The summed E-state index contributed by atoms with van der Waals surface area (Å²) in [5.41, 5.74) is 3.64. The quantitative estimate of drug-likeness (QED) is 0.690. The molecule has 0 aliphatic heterocycles. The molecule has 0 unspecified atom stereocenters. The van der Waals surface area contributed by atoms with Crippen molar-refractivity contribution in [3.05, 3.63) is 41.0 Å². The molecule has 82 valence electrons. The third kappa shape index (κ3) is 4.06. The molecule has 0 atom stereocenters. The molecule has 0 aromatic heterocycles. The Morgan fingerprint density at radius 3 is 2.87 bits per heavy atom. The van der Waals surface area contributed by atoms with Crippen molar-refractivity contribution in [2.45, 2.75) is 20.0 Å². The number of ether oxygens (including phenoxy) is 1. The second-order valence-corrected chi connectivity index (χ2v) is 3.74. The second kappa shape index (κ2) is 6.65. The van der Waals surface area contributed by atoms with Gasteiger partial charge in [-0.25, -0.2) is 0 Å². The summed E-state index contributed by atoms with van der Waals surface area (Å²) >= 11 is 5.83. The highest BCUT2D eigenvalue weighted by Crippen LogP contribution is 2.13. The molecule has 0 fully saturated rings. The molecule has 1 rings (SSSR count). The van der Waals surface area contributed by atoms with Gasteiger partial charge in [-0.1, -0.05) is 36.8 Å². The average molecular weight is 225 g/mol. The molecule has 0 spiro atoms. The number of rotatable bonds is 5. The van der Waals surface area contributed by atoms with Crippen molar-refractivity contribution in [2.75, 3.05) is 13.0 Å². The first kappa shape index (κ1) is 12.3. The van der Waals surface area contributed by atoms with E-state index in [1.54, 1.807) is 7.11 Å². The summed E-state index contributed by atoms with van der Waals surface area (Å²) < 4.78 is 5.09. The average Bonchev–Trinajstić information content (AvgIpc) is 2.27. The normalized spacial score (nSPS) is 11.8. The molecule has 1 aromatic carbocycles. The summed E-state index contributed by atoms with van der Waals surface area (Å²) in [4.78, 5) is 0. The highest BCUT2D eigenvalue weighted by atomic mass is 35.5. The summed E-state index contributed by atoms with van der Waals surface area (Å²) in [6, 6.07) is 8.32. The minimum absolute atomic E-state index is 0.602. The van der Waals surface area contributed by atoms with Crippen LogP contribution >= 0.6 is 11.6 Å². The lowest BCUT2D eigenvalue weighted by atomic mass is 10.1. The Bertz CT molecular complexity index is 325.